The van der Waals surface area contributed by atoms with Crippen LogP contribution in [-0.4, -0.2) is 16.2 Å². The van der Waals surface area contributed by atoms with Crippen LogP contribution in [-0.2, 0) is 0 Å². The Morgan fingerprint density at radius 3 is 2.35 bits per heavy atom. The first-order valence-electron chi connectivity index (χ1n) is 6.04. The maximum absolute atomic E-state index is 11.0. The van der Waals surface area contributed by atoms with E-state index < -0.39 is 5.97 Å². The Hall–Kier alpha value is -2.69. The zero-order valence-corrected chi connectivity index (χ0v) is 11.2. The fourth-order valence-corrected chi connectivity index (χ4v) is 1.72. The first kappa shape index (κ1) is 13.7. The van der Waals surface area contributed by atoms with E-state index >= 15 is 0 Å². The van der Waals surface area contributed by atoms with Gasteiger partial charge in [0.05, 0.1) is 5.56 Å². The van der Waals surface area contributed by atoms with Gasteiger partial charge >= 0.3 is 5.97 Å². The number of carboxylic acid groups (broad SMARTS) is 1. The number of aromatic hydroxyl groups is 1. The third-order valence-electron chi connectivity index (χ3n) is 3.08. The number of aryl methyl sites for hydroxylation is 1. The van der Waals surface area contributed by atoms with Crippen LogP contribution in [0.4, 0.5) is 11.4 Å². The van der Waals surface area contributed by atoms with E-state index in [0.29, 0.717) is 5.69 Å². The van der Waals surface area contributed by atoms with Crippen molar-refractivity contribution in [2.75, 3.05) is 0 Å². The van der Waals surface area contributed by atoms with E-state index in [-0.39, 0.29) is 17.0 Å². The second-order valence-electron chi connectivity index (χ2n) is 4.40. The third-order valence-corrected chi connectivity index (χ3v) is 3.08. The lowest BCUT2D eigenvalue weighted by atomic mass is 10.1. The number of carboxylic acids is 1. The number of carbonyl (C=O) groups is 1. The van der Waals surface area contributed by atoms with Crippen molar-refractivity contribution >= 4 is 17.3 Å². The fraction of sp³-hybridized carbons (Fsp3) is 0.133. The minimum atomic E-state index is -1.07. The summed E-state index contributed by atoms with van der Waals surface area (Å²) in [6.07, 6.45) is 0. The van der Waals surface area contributed by atoms with Crippen LogP contribution >= 0.6 is 0 Å². The van der Waals surface area contributed by atoms with Crippen LogP contribution in [0.25, 0.3) is 0 Å². The highest BCUT2D eigenvalue weighted by atomic mass is 16.4. The molecule has 20 heavy (non-hydrogen) atoms. The third kappa shape index (κ3) is 2.66. The van der Waals surface area contributed by atoms with Crippen LogP contribution in [0.15, 0.2) is 46.6 Å². The predicted molar refractivity (Wildman–Crippen MR) is 75.2 cm³/mol. The molecule has 0 aromatic heterocycles. The Kier molecular flexibility index (Phi) is 3.79. The molecule has 0 spiro atoms. The van der Waals surface area contributed by atoms with Crippen molar-refractivity contribution in [1.29, 1.82) is 0 Å². The van der Waals surface area contributed by atoms with Gasteiger partial charge in [-0.1, -0.05) is 18.2 Å². The highest BCUT2D eigenvalue weighted by Crippen LogP contribution is 2.33. The molecule has 0 aliphatic heterocycles. The van der Waals surface area contributed by atoms with E-state index in [0.717, 1.165) is 11.1 Å². The van der Waals surface area contributed by atoms with Gasteiger partial charge in [-0.3, -0.25) is 0 Å². The summed E-state index contributed by atoms with van der Waals surface area (Å²) >= 11 is 0. The molecule has 0 unspecified atom stereocenters. The maximum Gasteiger partial charge on any atom is 0.337 e. The molecule has 0 heterocycles. The number of hydrogen-bond donors (Lipinski definition) is 2. The number of phenols is 1. The summed E-state index contributed by atoms with van der Waals surface area (Å²) < 4.78 is 0. The van der Waals surface area contributed by atoms with Gasteiger partial charge in [-0.2, -0.15) is 0 Å². The van der Waals surface area contributed by atoms with E-state index in [1.54, 1.807) is 31.2 Å². The van der Waals surface area contributed by atoms with E-state index in [2.05, 4.69) is 10.2 Å². The summed E-state index contributed by atoms with van der Waals surface area (Å²) in [6.45, 7) is 3.67. The zero-order valence-electron chi connectivity index (χ0n) is 11.2. The van der Waals surface area contributed by atoms with Crippen molar-refractivity contribution < 1.29 is 15.0 Å². The molecule has 0 aliphatic carbocycles. The summed E-state index contributed by atoms with van der Waals surface area (Å²) in [7, 11) is 0. The molecule has 2 aromatic carbocycles. The van der Waals surface area contributed by atoms with Gasteiger partial charge in [-0.25, -0.2) is 4.79 Å². The molecule has 0 saturated heterocycles. The van der Waals surface area contributed by atoms with E-state index in [1.165, 1.54) is 6.07 Å². The van der Waals surface area contributed by atoms with Gasteiger partial charge in [-0.15, -0.1) is 10.2 Å². The average Bonchev–Trinajstić information content (AvgIpc) is 2.44. The van der Waals surface area contributed by atoms with Crippen molar-refractivity contribution in [1.82, 2.24) is 0 Å². The maximum atomic E-state index is 11.0. The summed E-state index contributed by atoms with van der Waals surface area (Å²) in [5.41, 5.74) is 2.31. The van der Waals surface area contributed by atoms with Gasteiger partial charge in [-0.05, 0) is 43.2 Å². The molecular weight excluding hydrogens is 256 g/mol. The minimum Gasteiger partial charge on any atom is -0.505 e. The minimum absolute atomic E-state index is 0.0570. The molecule has 0 atom stereocenters. The Balaban J connectivity index is 2.40. The van der Waals surface area contributed by atoms with Crippen LogP contribution in [0.3, 0.4) is 0 Å². The highest BCUT2D eigenvalue weighted by molar-refractivity contribution is 5.93. The first-order chi connectivity index (χ1) is 9.50. The second-order valence-corrected chi connectivity index (χ2v) is 4.40. The van der Waals surface area contributed by atoms with E-state index in [9.17, 15) is 9.90 Å². The second kappa shape index (κ2) is 5.52. The Bertz CT molecular complexity index is 694. The van der Waals surface area contributed by atoms with E-state index in [4.69, 9.17) is 5.11 Å². The lowest BCUT2D eigenvalue weighted by Gasteiger charge is -2.05. The Morgan fingerprint density at radius 1 is 1.00 bits per heavy atom. The number of phenolic OH excluding ortho intramolecular Hbond substituents is 1. The number of benzene rings is 2. The van der Waals surface area contributed by atoms with Crippen molar-refractivity contribution in [3.63, 3.8) is 0 Å². The monoisotopic (exact) mass is 270 g/mol. The number of rotatable bonds is 3. The van der Waals surface area contributed by atoms with Crippen LogP contribution in [0.5, 0.6) is 5.75 Å². The first-order valence-corrected chi connectivity index (χ1v) is 6.04. The number of azo groups is 1. The van der Waals surface area contributed by atoms with Crippen LogP contribution in [0, 0.1) is 13.8 Å². The molecule has 0 fully saturated rings. The summed E-state index contributed by atoms with van der Waals surface area (Å²) in [5.74, 6) is -1.01. The summed E-state index contributed by atoms with van der Waals surface area (Å²) in [4.78, 5) is 11.0. The lowest BCUT2D eigenvalue weighted by Crippen LogP contribution is -1.95. The standard InChI is InChI=1S/C15H14N2O3/c1-9-7-8-13(14(18)10(9)2)17-16-12-6-4-3-5-11(12)15(19)20/h3-8,18H,1-2H3,(H,19,20). The summed E-state index contributed by atoms with van der Waals surface area (Å²) in [5, 5.41) is 26.9. The normalized spacial score (nSPS) is 10.9. The molecule has 0 bridgehead atoms. The lowest BCUT2D eigenvalue weighted by molar-refractivity contribution is 0.0698. The van der Waals surface area contributed by atoms with Crippen molar-refractivity contribution in [3.8, 4) is 5.75 Å². The van der Waals surface area contributed by atoms with Gasteiger partial charge < -0.3 is 10.2 Å². The molecule has 0 radical (unpaired) electrons. The van der Waals surface area contributed by atoms with Gasteiger partial charge in [0, 0.05) is 0 Å². The zero-order chi connectivity index (χ0) is 14.7. The van der Waals surface area contributed by atoms with Crippen molar-refractivity contribution in [2.45, 2.75) is 13.8 Å². The molecule has 2 rings (SSSR count). The summed E-state index contributed by atoms with van der Waals surface area (Å²) in [6, 6.07) is 9.79. The fourth-order valence-electron chi connectivity index (χ4n) is 1.72. The molecular formula is C15H14N2O3. The molecule has 2 N–H and O–H groups in total. The van der Waals surface area contributed by atoms with Crippen molar-refractivity contribution in [3.05, 3.63) is 53.1 Å². The molecule has 5 heteroatoms. The number of nitrogens with zero attached hydrogens (tertiary/aromatic N) is 2. The number of hydrogen-bond acceptors (Lipinski definition) is 4. The van der Waals surface area contributed by atoms with Crippen molar-refractivity contribution in [2.24, 2.45) is 10.2 Å². The van der Waals surface area contributed by atoms with Crippen LogP contribution in [0.2, 0.25) is 0 Å². The van der Waals surface area contributed by atoms with Gasteiger partial charge in [0.1, 0.15) is 17.1 Å². The topological polar surface area (TPSA) is 82.2 Å². The smallest absolute Gasteiger partial charge is 0.337 e. The van der Waals surface area contributed by atoms with Gasteiger partial charge in [0.15, 0.2) is 0 Å². The Labute approximate surface area is 116 Å². The highest BCUT2D eigenvalue weighted by Gasteiger charge is 2.09. The SMILES string of the molecule is Cc1ccc(N=Nc2ccccc2C(=O)O)c(O)c1C. The number of aromatic carboxylic acids is 1. The Morgan fingerprint density at radius 2 is 1.65 bits per heavy atom. The predicted octanol–water partition coefficient (Wildman–Crippen LogP) is 4.12. The molecule has 5 nitrogen and oxygen atoms in total. The van der Waals surface area contributed by atoms with Crippen LogP contribution in [0.1, 0.15) is 21.5 Å². The quantitative estimate of drug-likeness (QED) is 0.823. The molecule has 0 aliphatic rings. The van der Waals surface area contributed by atoms with Gasteiger partial charge in [0.25, 0.3) is 0 Å². The largest absolute Gasteiger partial charge is 0.505 e. The average molecular weight is 270 g/mol. The van der Waals surface area contributed by atoms with Crippen LogP contribution < -0.4 is 0 Å². The molecule has 0 saturated carbocycles. The molecule has 102 valence electrons. The van der Waals surface area contributed by atoms with E-state index in [1.807, 2.05) is 13.0 Å². The molecule has 2 aromatic rings. The molecule has 0 amide bonds. The van der Waals surface area contributed by atoms with Gasteiger partial charge in [0.2, 0.25) is 0 Å².